The quantitative estimate of drug-likeness (QED) is 0.808. The number of hydrogen-bond donors (Lipinski definition) is 1. The molecule has 108 valence electrons. The minimum atomic E-state index is 0.444. The topological polar surface area (TPSA) is 48.7 Å². The predicted octanol–water partition coefficient (Wildman–Crippen LogP) is 4.21. The number of nitrogens with zero attached hydrogens (tertiary/aromatic N) is 2. The van der Waals surface area contributed by atoms with Crippen LogP contribution in [0.5, 0.6) is 0 Å². The number of nitrogens with one attached hydrogen (secondary N) is 1. The van der Waals surface area contributed by atoms with E-state index in [1.165, 1.54) is 30.5 Å². The third-order valence-electron chi connectivity index (χ3n) is 4.06. The number of fused-ring (bicyclic) bond motifs is 1. The molecule has 0 radical (unpaired) electrons. The molecule has 1 aliphatic rings. The molecular weight excluding hydrogens is 246 g/mol. The van der Waals surface area contributed by atoms with Crippen LogP contribution in [0.4, 0.5) is 5.82 Å². The van der Waals surface area contributed by atoms with Gasteiger partial charge in [-0.2, -0.15) is 5.26 Å². The SMILES string of the molecule is CCCCC(CCC)Nc1nc2c(cc1C#N)CCC2. The van der Waals surface area contributed by atoms with E-state index < -0.39 is 0 Å². The van der Waals surface area contributed by atoms with Crippen LogP contribution in [0.3, 0.4) is 0 Å². The number of aryl methyl sites for hydroxylation is 2. The Balaban J connectivity index is 2.16. The van der Waals surface area contributed by atoms with Gasteiger partial charge in [-0.3, -0.25) is 0 Å². The molecule has 1 N–H and O–H groups in total. The maximum Gasteiger partial charge on any atom is 0.144 e. The van der Waals surface area contributed by atoms with Crippen molar-refractivity contribution < 1.29 is 0 Å². The zero-order valence-electron chi connectivity index (χ0n) is 12.7. The smallest absolute Gasteiger partial charge is 0.144 e. The van der Waals surface area contributed by atoms with Crippen molar-refractivity contribution in [3.05, 3.63) is 22.9 Å². The lowest BCUT2D eigenvalue weighted by atomic mass is 10.0. The number of nitriles is 1. The molecule has 0 aliphatic heterocycles. The molecular formula is C17H25N3. The van der Waals surface area contributed by atoms with Crippen LogP contribution in [0.2, 0.25) is 0 Å². The van der Waals surface area contributed by atoms with E-state index in [1.807, 2.05) is 6.07 Å². The number of anilines is 1. The summed E-state index contributed by atoms with van der Waals surface area (Å²) in [7, 11) is 0. The van der Waals surface area contributed by atoms with Crippen molar-refractivity contribution in [2.75, 3.05) is 5.32 Å². The van der Waals surface area contributed by atoms with Gasteiger partial charge >= 0.3 is 0 Å². The highest BCUT2D eigenvalue weighted by Gasteiger charge is 2.18. The summed E-state index contributed by atoms with van der Waals surface area (Å²) in [6, 6.07) is 4.79. The second kappa shape index (κ2) is 7.28. The minimum absolute atomic E-state index is 0.444. The Morgan fingerprint density at radius 3 is 2.85 bits per heavy atom. The summed E-state index contributed by atoms with van der Waals surface area (Å²) in [6.07, 6.45) is 9.21. The van der Waals surface area contributed by atoms with Gasteiger partial charge in [-0.05, 0) is 43.7 Å². The Kier molecular flexibility index (Phi) is 5.40. The van der Waals surface area contributed by atoms with Gasteiger partial charge in [0, 0.05) is 11.7 Å². The van der Waals surface area contributed by atoms with Crippen molar-refractivity contribution >= 4 is 5.82 Å². The van der Waals surface area contributed by atoms with Crippen LogP contribution in [0.15, 0.2) is 6.07 Å². The molecule has 1 atom stereocenters. The third-order valence-corrected chi connectivity index (χ3v) is 4.06. The Hall–Kier alpha value is -1.56. The Bertz CT molecular complexity index is 488. The maximum absolute atomic E-state index is 9.34. The van der Waals surface area contributed by atoms with E-state index in [4.69, 9.17) is 4.98 Å². The molecule has 1 heterocycles. The molecule has 0 amide bonds. The molecule has 20 heavy (non-hydrogen) atoms. The fourth-order valence-corrected chi connectivity index (χ4v) is 2.95. The van der Waals surface area contributed by atoms with Crippen molar-refractivity contribution in [2.45, 2.75) is 71.3 Å². The molecule has 1 aromatic rings. The van der Waals surface area contributed by atoms with Gasteiger partial charge in [0.05, 0.1) is 5.56 Å². The van der Waals surface area contributed by atoms with Crippen molar-refractivity contribution in [3.63, 3.8) is 0 Å². The van der Waals surface area contributed by atoms with Crippen LogP contribution in [-0.4, -0.2) is 11.0 Å². The normalized spacial score (nSPS) is 14.7. The number of pyridine rings is 1. The molecule has 2 rings (SSSR count). The zero-order valence-corrected chi connectivity index (χ0v) is 12.7. The Labute approximate surface area is 122 Å². The fourth-order valence-electron chi connectivity index (χ4n) is 2.95. The van der Waals surface area contributed by atoms with E-state index in [0.717, 1.165) is 37.9 Å². The molecule has 1 unspecified atom stereocenters. The summed E-state index contributed by atoms with van der Waals surface area (Å²) in [5.74, 6) is 0.808. The first kappa shape index (κ1) is 14.8. The molecule has 0 bridgehead atoms. The van der Waals surface area contributed by atoms with E-state index in [1.54, 1.807) is 0 Å². The average Bonchev–Trinajstić information content (AvgIpc) is 2.91. The summed E-state index contributed by atoms with van der Waals surface area (Å²) < 4.78 is 0. The van der Waals surface area contributed by atoms with Crippen LogP contribution in [0, 0.1) is 11.3 Å². The Morgan fingerprint density at radius 1 is 1.30 bits per heavy atom. The molecule has 3 nitrogen and oxygen atoms in total. The molecule has 0 saturated heterocycles. The van der Waals surface area contributed by atoms with Gasteiger partial charge in [0.2, 0.25) is 0 Å². The van der Waals surface area contributed by atoms with Crippen molar-refractivity contribution in [3.8, 4) is 6.07 Å². The number of aromatic nitrogens is 1. The van der Waals surface area contributed by atoms with Crippen LogP contribution < -0.4 is 5.32 Å². The summed E-state index contributed by atoms with van der Waals surface area (Å²) >= 11 is 0. The number of rotatable bonds is 7. The number of unbranched alkanes of at least 4 members (excludes halogenated alkanes) is 1. The van der Waals surface area contributed by atoms with Crippen LogP contribution in [-0.2, 0) is 12.8 Å². The highest BCUT2D eigenvalue weighted by atomic mass is 15.0. The third kappa shape index (κ3) is 3.50. The highest BCUT2D eigenvalue weighted by molar-refractivity contribution is 5.55. The molecule has 0 aromatic carbocycles. The van der Waals surface area contributed by atoms with Gasteiger partial charge < -0.3 is 5.32 Å². The molecule has 1 aromatic heterocycles. The highest BCUT2D eigenvalue weighted by Crippen LogP contribution is 2.26. The Morgan fingerprint density at radius 2 is 2.15 bits per heavy atom. The lowest BCUT2D eigenvalue weighted by Gasteiger charge is -2.20. The summed E-state index contributed by atoms with van der Waals surface area (Å²) in [5.41, 5.74) is 3.17. The van der Waals surface area contributed by atoms with Crippen LogP contribution >= 0.6 is 0 Å². The first-order valence-electron chi connectivity index (χ1n) is 7.97. The van der Waals surface area contributed by atoms with Gasteiger partial charge in [0.25, 0.3) is 0 Å². The predicted molar refractivity (Wildman–Crippen MR) is 82.8 cm³/mol. The average molecular weight is 271 g/mol. The van der Waals surface area contributed by atoms with Crippen molar-refractivity contribution in [1.82, 2.24) is 4.98 Å². The van der Waals surface area contributed by atoms with Crippen LogP contribution in [0.25, 0.3) is 0 Å². The molecule has 0 spiro atoms. The van der Waals surface area contributed by atoms with Crippen LogP contribution in [0.1, 0.15) is 69.2 Å². The van der Waals surface area contributed by atoms with Gasteiger partial charge in [0.1, 0.15) is 11.9 Å². The van der Waals surface area contributed by atoms with Gasteiger partial charge in [-0.1, -0.05) is 33.1 Å². The second-order valence-corrected chi connectivity index (χ2v) is 5.73. The van der Waals surface area contributed by atoms with E-state index in [9.17, 15) is 5.26 Å². The lowest BCUT2D eigenvalue weighted by Crippen LogP contribution is -2.21. The molecule has 1 aliphatic carbocycles. The first-order chi connectivity index (χ1) is 9.78. The minimum Gasteiger partial charge on any atom is -0.366 e. The van der Waals surface area contributed by atoms with Crippen molar-refractivity contribution in [1.29, 1.82) is 5.26 Å². The monoisotopic (exact) mass is 271 g/mol. The van der Waals surface area contributed by atoms with E-state index in [2.05, 4.69) is 25.2 Å². The van der Waals surface area contributed by atoms with E-state index in [-0.39, 0.29) is 0 Å². The summed E-state index contributed by atoms with van der Waals surface area (Å²) in [4.78, 5) is 4.72. The van der Waals surface area contributed by atoms with E-state index >= 15 is 0 Å². The zero-order chi connectivity index (χ0) is 14.4. The summed E-state index contributed by atoms with van der Waals surface area (Å²) in [5, 5.41) is 12.9. The first-order valence-corrected chi connectivity index (χ1v) is 7.97. The second-order valence-electron chi connectivity index (χ2n) is 5.73. The lowest BCUT2D eigenvalue weighted by molar-refractivity contribution is 0.562. The fraction of sp³-hybridized carbons (Fsp3) is 0.647. The van der Waals surface area contributed by atoms with E-state index in [0.29, 0.717) is 11.6 Å². The van der Waals surface area contributed by atoms with Gasteiger partial charge in [-0.25, -0.2) is 4.98 Å². The van der Waals surface area contributed by atoms with Gasteiger partial charge in [0.15, 0.2) is 0 Å². The van der Waals surface area contributed by atoms with Gasteiger partial charge in [-0.15, -0.1) is 0 Å². The molecule has 0 saturated carbocycles. The standard InChI is InChI=1S/C17H25N3/c1-3-5-9-15(7-4-2)19-17-14(12-18)11-13-8-6-10-16(13)20-17/h11,15H,3-10H2,1-2H3,(H,19,20). The molecule has 3 heteroatoms. The number of hydrogen-bond acceptors (Lipinski definition) is 3. The largest absolute Gasteiger partial charge is 0.366 e. The summed E-state index contributed by atoms with van der Waals surface area (Å²) in [6.45, 7) is 4.43. The van der Waals surface area contributed by atoms with Crippen molar-refractivity contribution in [2.24, 2.45) is 0 Å². The molecule has 0 fully saturated rings. The maximum atomic E-state index is 9.34.